The average molecular weight is 515 g/mol. The minimum atomic E-state index is -1.16. The second-order valence-corrected chi connectivity index (χ2v) is 9.53. The van der Waals surface area contributed by atoms with Crippen LogP contribution >= 0.6 is 0 Å². The number of H-pyrrole nitrogens is 2. The molecule has 0 saturated carbocycles. The number of rotatable bonds is 11. The van der Waals surface area contributed by atoms with Crippen LogP contribution in [0.3, 0.4) is 0 Å². The average Bonchev–Trinajstić information content (AvgIpc) is 3.52. The number of nitrogens with one attached hydrogen (secondary N) is 4. The van der Waals surface area contributed by atoms with Crippen molar-refractivity contribution >= 4 is 21.8 Å². The van der Waals surface area contributed by atoms with Gasteiger partial charge < -0.3 is 20.6 Å². The normalized spacial score (nSPS) is 21.4. The molecule has 4 unspecified atom stereocenters. The van der Waals surface area contributed by atoms with Crippen LogP contribution in [-0.2, 0) is 12.8 Å². The first-order valence-corrected chi connectivity index (χ1v) is 12.7. The molecule has 0 saturated heterocycles. The SMILES string of the molecule is O=[N+]([O-])C1C=CC(NCCc2c[nH]c3ccccc23)C([N+](=O)[O-])C1/C=C/NCCc1c[nH]c2ccccc12. The van der Waals surface area contributed by atoms with Crippen LogP contribution in [0.5, 0.6) is 0 Å². The van der Waals surface area contributed by atoms with E-state index in [-0.39, 0.29) is 0 Å². The third kappa shape index (κ3) is 5.30. The molecule has 0 radical (unpaired) electrons. The van der Waals surface area contributed by atoms with E-state index >= 15 is 0 Å². The number of benzene rings is 2. The maximum Gasteiger partial charge on any atom is 0.244 e. The van der Waals surface area contributed by atoms with Crippen LogP contribution in [0.2, 0.25) is 0 Å². The summed E-state index contributed by atoms with van der Waals surface area (Å²) >= 11 is 0. The fraction of sp³-hybridized carbons (Fsp3) is 0.286. The maximum absolute atomic E-state index is 12.1. The van der Waals surface area contributed by atoms with Crippen molar-refractivity contribution < 1.29 is 9.85 Å². The molecule has 0 fully saturated rings. The van der Waals surface area contributed by atoms with Gasteiger partial charge in [0.25, 0.3) is 0 Å². The standard InChI is InChI=1S/C28H30N6O4/c35-33(36)27-10-9-26(30-16-12-20-18-32-25-8-4-2-6-22(20)25)28(34(37)38)23(27)13-15-29-14-11-19-17-31-24-7-3-1-5-21(19)24/h1-10,13,15,17-18,23,26-32H,11-12,14,16H2/b15-13+. The van der Waals surface area contributed by atoms with Gasteiger partial charge in [-0.1, -0.05) is 48.6 Å². The zero-order chi connectivity index (χ0) is 26.5. The first kappa shape index (κ1) is 25.2. The first-order valence-electron chi connectivity index (χ1n) is 12.7. The van der Waals surface area contributed by atoms with Crippen LogP contribution in [0.15, 0.2) is 85.4 Å². The summed E-state index contributed by atoms with van der Waals surface area (Å²) in [6, 6.07) is 13.1. The van der Waals surface area contributed by atoms with Gasteiger partial charge in [0.15, 0.2) is 0 Å². The molecule has 38 heavy (non-hydrogen) atoms. The van der Waals surface area contributed by atoms with E-state index in [2.05, 4.69) is 26.7 Å². The van der Waals surface area contributed by atoms with Gasteiger partial charge in [0.2, 0.25) is 12.1 Å². The second kappa shape index (κ2) is 11.3. The third-order valence-corrected chi connectivity index (χ3v) is 7.26. The smallest absolute Gasteiger partial charge is 0.244 e. The van der Waals surface area contributed by atoms with Crippen LogP contribution in [0.25, 0.3) is 21.8 Å². The summed E-state index contributed by atoms with van der Waals surface area (Å²) < 4.78 is 0. The highest BCUT2D eigenvalue weighted by Gasteiger charge is 2.48. The topological polar surface area (TPSA) is 142 Å². The Morgan fingerprint density at radius 2 is 1.42 bits per heavy atom. The van der Waals surface area contributed by atoms with Crippen molar-refractivity contribution in [2.45, 2.75) is 31.0 Å². The minimum absolute atomic E-state index is 0.399. The Bertz CT molecular complexity index is 1490. The van der Waals surface area contributed by atoms with E-state index in [0.717, 1.165) is 39.4 Å². The van der Waals surface area contributed by atoms with Crippen molar-refractivity contribution in [2.75, 3.05) is 13.1 Å². The Labute approximate surface area is 219 Å². The molecule has 0 amide bonds. The predicted octanol–water partition coefficient (Wildman–Crippen LogP) is 3.97. The summed E-state index contributed by atoms with van der Waals surface area (Å²) in [5.74, 6) is -0.892. The molecule has 2 heterocycles. The molecule has 4 N–H and O–H groups in total. The Kier molecular flexibility index (Phi) is 7.50. The van der Waals surface area contributed by atoms with E-state index in [1.54, 1.807) is 18.4 Å². The summed E-state index contributed by atoms with van der Waals surface area (Å²) in [7, 11) is 0. The van der Waals surface area contributed by atoms with Gasteiger partial charge in [0.1, 0.15) is 5.92 Å². The molecule has 1 aliphatic rings. The number of nitrogens with zero attached hydrogens (tertiary/aromatic N) is 2. The van der Waals surface area contributed by atoms with Crippen LogP contribution in [0, 0.1) is 26.1 Å². The van der Waals surface area contributed by atoms with E-state index in [0.29, 0.717) is 19.5 Å². The molecular formula is C28H30N6O4. The number of para-hydroxylation sites is 2. The molecule has 5 rings (SSSR count). The highest BCUT2D eigenvalue weighted by Crippen LogP contribution is 2.26. The van der Waals surface area contributed by atoms with Gasteiger partial charge in [0.05, 0.1) is 6.04 Å². The van der Waals surface area contributed by atoms with E-state index in [4.69, 9.17) is 0 Å². The molecule has 2 aromatic heterocycles. The zero-order valence-corrected chi connectivity index (χ0v) is 20.7. The van der Waals surface area contributed by atoms with E-state index in [1.807, 2.05) is 54.9 Å². The van der Waals surface area contributed by atoms with Gasteiger partial charge in [0, 0.05) is 57.1 Å². The van der Waals surface area contributed by atoms with Crippen molar-refractivity contribution in [3.05, 3.63) is 117 Å². The maximum atomic E-state index is 12.1. The molecular weight excluding hydrogens is 484 g/mol. The molecule has 196 valence electrons. The number of hydrogen-bond acceptors (Lipinski definition) is 6. The summed E-state index contributed by atoms with van der Waals surface area (Å²) in [5, 5.41) is 32.6. The number of nitro groups is 2. The van der Waals surface area contributed by atoms with E-state index < -0.39 is 33.9 Å². The lowest BCUT2D eigenvalue weighted by Gasteiger charge is -2.29. The quantitative estimate of drug-likeness (QED) is 0.103. The molecule has 2 aromatic carbocycles. The third-order valence-electron chi connectivity index (χ3n) is 7.26. The number of fused-ring (bicyclic) bond motifs is 2. The minimum Gasteiger partial charge on any atom is -0.391 e. The molecule has 0 spiro atoms. The van der Waals surface area contributed by atoms with Crippen LogP contribution in [0.1, 0.15) is 11.1 Å². The molecule has 4 aromatic rings. The molecule has 1 aliphatic carbocycles. The lowest BCUT2D eigenvalue weighted by atomic mass is 9.82. The van der Waals surface area contributed by atoms with Crippen molar-refractivity contribution in [1.29, 1.82) is 0 Å². The van der Waals surface area contributed by atoms with Crippen molar-refractivity contribution in [1.82, 2.24) is 20.6 Å². The number of aromatic nitrogens is 2. The van der Waals surface area contributed by atoms with Crippen molar-refractivity contribution in [3.8, 4) is 0 Å². The number of hydrogen-bond donors (Lipinski definition) is 4. The van der Waals surface area contributed by atoms with Gasteiger partial charge in [-0.25, -0.2) is 0 Å². The molecule has 4 atom stereocenters. The largest absolute Gasteiger partial charge is 0.391 e. The molecule has 10 heteroatoms. The fourth-order valence-corrected chi connectivity index (χ4v) is 5.34. The highest BCUT2D eigenvalue weighted by molar-refractivity contribution is 5.83. The zero-order valence-electron chi connectivity index (χ0n) is 20.7. The molecule has 10 nitrogen and oxygen atoms in total. The first-order chi connectivity index (χ1) is 18.5. The van der Waals surface area contributed by atoms with Crippen molar-refractivity contribution in [2.24, 2.45) is 5.92 Å². The Morgan fingerprint density at radius 1 is 0.816 bits per heavy atom. The summed E-state index contributed by atoms with van der Waals surface area (Å²) in [6.07, 6.45) is 11.6. The van der Waals surface area contributed by atoms with Gasteiger partial charge >= 0.3 is 0 Å². The van der Waals surface area contributed by atoms with Gasteiger partial charge in [-0.3, -0.25) is 20.2 Å². The Hall–Kier alpha value is -4.44. The Morgan fingerprint density at radius 3 is 2.03 bits per heavy atom. The Balaban J connectivity index is 1.23. The van der Waals surface area contributed by atoms with Gasteiger partial charge in [-0.2, -0.15) is 0 Å². The number of aromatic amines is 2. The van der Waals surface area contributed by atoms with Gasteiger partial charge in [-0.05, 0) is 48.4 Å². The monoisotopic (exact) mass is 514 g/mol. The molecule has 0 aliphatic heterocycles. The van der Waals surface area contributed by atoms with E-state index in [9.17, 15) is 20.2 Å². The second-order valence-electron chi connectivity index (χ2n) is 9.53. The van der Waals surface area contributed by atoms with Crippen LogP contribution < -0.4 is 10.6 Å². The summed E-state index contributed by atoms with van der Waals surface area (Å²) in [5.41, 5.74) is 4.38. The van der Waals surface area contributed by atoms with Crippen molar-refractivity contribution in [3.63, 3.8) is 0 Å². The summed E-state index contributed by atoms with van der Waals surface area (Å²) in [4.78, 5) is 29.5. The summed E-state index contributed by atoms with van der Waals surface area (Å²) in [6.45, 7) is 1.10. The highest BCUT2D eigenvalue weighted by atomic mass is 16.6. The van der Waals surface area contributed by atoms with Crippen LogP contribution in [0.4, 0.5) is 0 Å². The lowest BCUT2D eigenvalue weighted by molar-refractivity contribution is -0.568. The van der Waals surface area contributed by atoms with E-state index in [1.165, 1.54) is 6.08 Å². The van der Waals surface area contributed by atoms with Crippen LogP contribution in [-0.4, -0.2) is 51.0 Å². The predicted molar refractivity (Wildman–Crippen MR) is 147 cm³/mol. The fourth-order valence-electron chi connectivity index (χ4n) is 5.34. The van der Waals surface area contributed by atoms with Gasteiger partial charge in [-0.15, -0.1) is 0 Å². The molecule has 0 bridgehead atoms. The lowest BCUT2D eigenvalue weighted by Crippen LogP contribution is -2.54.